The average Bonchev–Trinajstić information content (AvgIpc) is 4.14. The van der Waals surface area contributed by atoms with Crippen LogP contribution in [0.4, 0.5) is 8.78 Å². The molecule has 6 aromatic carbocycles. The number of hydrogen-bond acceptors (Lipinski definition) is 6. The van der Waals surface area contributed by atoms with E-state index in [4.69, 9.17) is 0 Å². The number of hydrogen-bond donors (Lipinski definition) is 0. The Balaban J connectivity index is 0.000000120. The van der Waals surface area contributed by atoms with Crippen molar-refractivity contribution in [1.29, 1.82) is 0 Å². The van der Waals surface area contributed by atoms with Gasteiger partial charge in [-0.2, -0.15) is 0 Å². The Morgan fingerprint density at radius 1 is 0.348 bits per heavy atom. The van der Waals surface area contributed by atoms with Gasteiger partial charge in [0.15, 0.2) is 17.5 Å². The highest BCUT2D eigenvalue weighted by atomic mass is 19.1. The Hall–Kier alpha value is -8.96. The summed E-state index contributed by atoms with van der Waals surface area (Å²) in [6.45, 7) is 4.26. The molecule has 0 amide bonds. The number of benzene rings is 6. The van der Waals surface area contributed by atoms with E-state index >= 15 is 0 Å². The van der Waals surface area contributed by atoms with Crippen LogP contribution in [-0.4, -0.2) is 43.6 Å². The third kappa shape index (κ3) is 10.9. The molecule has 0 bridgehead atoms. The molecule has 0 spiro atoms. The van der Waals surface area contributed by atoms with E-state index in [1.54, 1.807) is 24.3 Å². The van der Waals surface area contributed by atoms with Gasteiger partial charge in [0.05, 0.1) is 17.1 Å². The molecule has 0 unspecified atom stereocenters. The summed E-state index contributed by atoms with van der Waals surface area (Å²) >= 11 is 0. The number of aryl methyl sites for hydroxylation is 1. The van der Waals surface area contributed by atoms with Crippen molar-refractivity contribution >= 4 is 0 Å². The first-order valence-corrected chi connectivity index (χ1v) is 22.6. The van der Waals surface area contributed by atoms with Gasteiger partial charge >= 0.3 is 0 Å². The molecule has 6 aromatic rings. The van der Waals surface area contributed by atoms with Crippen LogP contribution in [0.15, 0.2) is 219 Å². The normalized spacial score (nSPS) is 11.0. The monoisotopic (exact) mass is 905 g/mol. The van der Waals surface area contributed by atoms with E-state index in [9.17, 15) is 8.78 Å². The second kappa shape index (κ2) is 20.3. The largest absolute Gasteiger partial charge is 0.348 e. The fourth-order valence-electron chi connectivity index (χ4n) is 7.93. The van der Waals surface area contributed by atoms with E-state index in [0.29, 0.717) is 13.1 Å². The molecular weight excluding hydrogens is 861 g/mol. The zero-order chi connectivity index (χ0) is 46.9. The minimum absolute atomic E-state index is 0.219. The molecule has 12 rings (SSSR count). The number of halogens is 2. The minimum atomic E-state index is -0.219. The van der Waals surface area contributed by atoms with Gasteiger partial charge in [0.1, 0.15) is 28.7 Å². The van der Waals surface area contributed by atoms with Crippen LogP contribution in [0, 0.1) is 18.6 Å². The fraction of sp³-hybridized carbons (Fsp3) is 0.0690. The molecule has 6 heterocycles. The fourth-order valence-corrected chi connectivity index (χ4v) is 7.93. The number of nitrogens with zero attached hydrogens (tertiary/aromatic N) is 9. The van der Waals surface area contributed by atoms with Crippen molar-refractivity contribution in [2.45, 2.75) is 26.6 Å². The van der Waals surface area contributed by atoms with E-state index < -0.39 is 0 Å². The van der Waals surface area contributed by atoms with Crippen molar-refractivity contribution in [3.63, 3.8) is 0 Å². The molecule has 69 heavy (non-hydrogen) atoms. The molecule has 0 aliphatic carbocycles. The maximum atomic E-state index is 13.3. The lowest BCUT2D eigenvalue weighted by atomic mass is 10.1. The summed E-state index contributed by atoms with van der Waals surface area (Å²) < 4.78 is 32.4. The molecular formula is C58H45F2N9. The SMILES string of the molecule is Cc1ccccc1Cn1ccc2nc(-c3ccccc3)nc-2c1.Fc1ccc(Cn2ccc3nc(-c4ccccc4)nc-3c2)cc1.Fc1cccc(Cn2ccc3nc(-c4ccccc4)nc-3c2)c1. The maximum Gasteiger partial charge on any atom is 0.160 e. The van der Waals surface area contributed by atoms with Crippen molar-refractivity contribution < 1.29 is 8.78 Å². The van der Waals surface area contributed by atoms with Crippen molar-refractivity contribution in [3.05, 3.63) is 253 Å². The van der Waals surface area contributed by atoms with Gasteiger partial charge < -0.3 is 13.7 Å². The number of fused-ring (bicyclic) bond motifs is 3. The van der Waals surface area contributed by atoms with Gasteiger partial charge in [-0.1, -0.05) is 140 Å². The average molecular weight is 906 g/mol. The second-order valence-electron chi connectivity index (χ2n) is 16.6. The summed E-state index contributed by atoms with van der Waals surface area (Å²) in [4.78, 5) is 27.6. The molecule has 6 aliphatic heterocycles. The van der Waals surface area contributed by atoms with E-state index in [-0.39, 0.29) is 11.6 Å². The van der Waals surface area contributed by atoms with E-state index in [0.717, 1.165) is 86.0 Å². The molecule has 0 saturated heterocycles. The van der Waals surface area contributed by atoms with Gasteiger partial charge in [-0.3, -0.25) is 0 Å². The number of aromatic nitrogens is 9. The summed E-state index contributed by atoms with van der Waals surface area (Å²) in [5, 5.41) is 0. The van der Waals surface area contributed by atoms with Gasteiger partial charge in [-0.15, -0.1) is 0 Å². The lowest BCUT2D eigenvalue weighted by Crippen LogP contribution is -2.02. The summed E-state index contributed by atoms with van der Waals surface area (Å²) in [5.41, 5.74) is 12.9. The molecule has 0 saturated carbocycles. The zero-order valence-electron chi connectivity index (χ0n) is 37.7. The van der Waals surface area contributed by atoms with Crippen molar-refractivity contribution in [1.82, 2.24) is 43.6 Å². The van der Waals surface area contributed by atoms with Crippen LogP contribution in [0.3, 0.4) is 0 Å². The van der Waals surface area contributed by atoms with Gasteiger partial charge in [0.25, 0.3) is 0 Å². The second-order valence-corrected chi connectivity index (χ2v) is 16.6. The molecule has 336 valence electrons. The Labute approximate surface area is 398 Å². The zero-order valence-corrected chi connectivity index (χ0v) is 37.7. The maximum absolute atomic E-state index is 13.3. The Bertz CT molecular complexity index is 3460. The Morgan fingerprint density at radius 2 is 0.754 bits per heavy atom. The molecule has 6 aliphatic rings. The standard InChI is InChI=1S/C20H17N3.2C19H14FN3/c1-15-7-5-6-10-17(15)13-23-12-11-18-19(14-23)22-20(21-18)16-8-3-2-4-9-16;20-16-8-4-5-14(11-16)12-23-10-9-17-18(13-23)22-19(21-17)15-6-2-1-3-7-15;20-16-8-6-14(7-9-16)12-23-11-10-17-18(13-23)22-19(21-17)15-4-2-1-3-5-15/h2-12,14H,13H2,1H3;2*1-11,13H,12H2. The first-order valence-electron chi connectivity index (χ1n) is 22.6. The Morgan fingerprint density at radius 3 is 1.20 bits per heavy atom. The van der Waals surface area contributed by atoms with Crippen LogP contribution in [0.1, 0.15) is 22.3 Å². The highest BCUT2D eigenvalue weighted by Gasteiger charge is 2.15. The quantitative estimate of drug-likeness (QED) is 0.143. The Kier molecular flexibility index (Phi) is 12.9. The molecule has 0 atom stereocenters. The van der Waals surface area contributed by atoms with Crippen LogP contribution in [0.5, 0.6) is 0 Å². The van der Waals surface area contributed by atoms with Crippen molar-refractivity contribution in [2.24, 2.45) is 0 Å². The third-order valence-electron chi connectivity index (χ3n) is 11.5. The molecule has 0 N–H and O–H groups in total. The van der Waals surface area contributed by atoms with Crippen LogP contribution in [0.25, 0.3) is 68.3 Å². The molecule has 0 fully saturated rings. The summed E-state index contributed by atoms with van der Waals surface area (Å²) in [6.07, 6.45) is 12.0. The minimum Gasteiger partial charge on any atom is -0.348 e. The number of rotatable bonds is 9. The summed E-state index contributed by atoms with van der Waals surface area (Å²) in [7, 11) is 0. The number of pyridine rings is 3. The topological polar surface area (TPSA) is 92.1 Å². The van der Waals surface area contributed by atoms with Crippen LogP contribution < -0.4 is 0 Å². The van der Waals surface area contributed by atoms with Crippen LogP contribution >= 0.6 is 0 Å². The summed E-state index contributed by atoms with van der Waals surface area (Å²) in [6, 6.07) is 57.5. The molecule has 0 aromatic heterocycles. The van der Waals surface area contributed by atoms with Gasteiger partial charge in [-0.05, 0) is 71.6 Å². The van der Waals surface area contributed by atoms with Gasteiger partial charge in [0.2, 0.25) is 0 Å². The predicted octanol–water partition coefficient (Wildman–Crippen LogP) is 12.9. The van der Waals surface area contributed by atoms with Crippen LogP contribution in [-0.2, 0) is 19.6 Å². The van der Waals surface area contributed by atoms with E-state index in [2.05, 4.69) is 78.1 Å². The lowest BCUT2D eigenvalue weighted by Gasteiger charge is -2.10. The first-order chi connectivity index (χ1) is 33.8. The van der Waals surface area contributed by atoms with E-state index in [1.807, 2.05) is 149 Å². The highest BCUT2D eigenvalue weighted by Crippen LogP contribution is 2.27. The molecule has 0 radical (unpaired) electrons. The predicted molar refractivity (Wildman–Crippen MR) is 268 cm³/mol. The number of imidazole rings is 3. The molecule has 9 nitrogen and oxygen atoms in total. The van der Waals surface area contributed by atoms with Crippen molar-refractivity contribution in [2.75, 3.05) is 0 Å². The third-order valence-corrected chi connectivity index (χ3v) is 11.5. The molecule has 11 heteroatoms. The van der Waals surface area contributed by atoms with Gasteiger partial charge in [0, 0.05) is 73.5 Å². The first kappa shape index (κ1) is 43.9. The van der Waals surface area contributed by atoms with E-state index in [1.165, 1.54) is 29.3 Å². The summed E-state index contributed by atoms with van der Waals surface area (Å²) in [5.74, 6) is 1.81. The van der Waals surface area contributed by atoms with Gasteiger partial charge in [-0.25, -0.2) is 38.7 Å². The van der Waals surface area contributed by atoms with Crippen molar-refractivity contribution in [3.8, 4) is 68.3 Å². The van der Waals surface area contributed by atoms with Crippen LogP contribution in [0.2, 0.25) is 0 Å². The smallest absolute Gasteiger partial charge is 0.160 e. The lowest BCUT2D eigenvalue weighted by molar-refractivity contribution is 0.623. The highest BCUT2D eigenvalue weighted by molar-refractivity contribution is 5.67.